The first-order valence-electron chi connectivity index (χ1n) is 7.79. The number of hydrogen-bond donors (Lipinski definition) is 1. The fourth-order valence-corrected chi connectivity index (χ4v) is 2.55. The first kappa shape index (κ1) is 17.7. The first-order chi connectivity index (χ1) is 8.42. The maximum Gasteiger partial charge on any atom is -0.00432 e. The van der Waals surface area contributed by atoms with Crippen LogP contribution >= 0.6 is 0 Å². The monoisotopic (exact) mass is 253 g/mol. The molecule has 3 atom stereocenters. The van der Waals surface area contributed by atoms with Gasteiger partial charge < -0.3 is 5.73 Å². The fourth-order valence-electron chi connectivity index (χ4n) is 2.55. The molecular formula is C17H35N. The number of hydrogen-bond acceptors (Lipinski definition) is 1. The Morgan fingerprint density at radius 3 is 2.22 bits per heavy atom. The van der Waals surface area contributed by atoms with Gasteiger partial charge in [0.1, 0.15) is 0 Å². The van der Waals surface area contributed by atoms with E-state index in [1.54, 1.807) is 0 Å². The Bertz CT molecular complexity index is 220. The zero-order valence-electron chi connectivity index (χ0n) is 13.3. The molecule has 0 amide bonds. The third-order valence-electron chi connectivity index (χ3n) is 4.45. The molecule has 0 heterocycles. The summed E-state index contributed by atoms with van der Waals surface area (Å²) >= 11 is 0. The second kappa shape index (κ2) is 9.61. The molecule has 1 nitrogen and oxygen atoms in total. The van der Waals surface area contributed by atoms with Crippen molar-refractivity contribution in [3.05, 3.63) is 12.2 Å². The lowest BCUT2D eigenvalue weighted by Gasteiger charge is -2.28. The van der Waals surface area contributed by atoms with Crippen molar-refractivity contribution in [2.45, 2.75) is 66.7 Å². The van der Waals surface area contributed by atoms with Crippen molar-refractivity contribution in [2.24, 2.45) is 29.4 Å². The van der Waals surface area contributed by atoms with Crippen LogP contribution in [0.15, 0.2) is 12.2 Å². The Hall–Kier alpha value is -0.300. The van der Waals surface area contributed by atoms with Crippen LogP contribution in [-0.2, 0) is 0 Å². The SMILES string of the molecule is C=C(CCCC(C)C)CC(CN)C(C)C(C)CC. The van der Waals surface area contributed by atoms with E-state index in [-0.39, 0.29) is 0 Å². The highest BCUT2D eigenvalue weighted by Gasteiger charge is 2.21. The molecule has 0 aromatic rings. The Labute approximate surface area is 115 Å². The van der Waals surface area contributed by atoms with Gasteiger partial charge in [-0.3, -0.25) is 0 Å². The summed E-state index contributed by atoms with van der Waals surface area (Å²) in [5, 5.41) is 0. The van der Waals surface area contributed by atoms with Crippen LogP contribution in [-0.4, -0.2) is 6.54 Å². The number of allylic oxidation sites excluding steroid dienone is 1. The maximum atomic E-state index is 5.95. The van der Waals surface area contributed by atoms with Crippen molar-refractivity contribution in [3.8, 4) is 0 Å². The predicted molar refractivity (Wildman–Crippen MR) is 83.6 cm³/mol. The average molecular weight is 253 g/mol. The molecule has 0 saturated carbocycles. The van der Waals surface area contributed by atoms with Crippen molar-refractivity contribution in [1.29, 1.82) is 0 Å². The van der Waals surface area contributed by atoms with Crippen LogP contribution in [0.5, 0.6) is 0 Å². The van der Waals surface area contributed by atoms with Crippen molar-refractivity contribution in [3.63, 3.8) is 0 Å². The molecular weight excluding hydrogens is 218 g/mol. The van der Waals surface area contributed by atoms with Crippen LogP contribution < -0.4 is 5.73 Å². The minimum absolute atomic E-state index is 0.617. The minimum Gasteiger partial charge on any atom is -0.330 e. The van der Waals surface area contributed by atoms with Gasteiger partial charge in [-0.05, 0) is 49.5 Å². The Morgan fingerprint density at radius 1 is 1.17 bits per heavy atom. The van der Waals surface area contributed by atoms with Crippen LogP contribution in [0.3, 0.4) is 0 Å². The van der Waals surface area contributed by atoms with Crippen molar-refractivity contribution < 1.29 is 0 Å². The molecule has 0 aromatic heterocycles. The van der Waals surface area contributed by atoms with Gasteiger partial charge in [0.25, 0.3) is 0 Å². The Kier molecular flexibility index (Phi) is 9.45. The van der Waals surface area contributed by atoms with E-state index >= 15 is 0 Å². The molecule has 0 bridgehead atoms. The third kappa shape index (κ3) is 7.20. The third-order valence-corrected chi connectivity index (χ3v) is 4.45. The van der Waals surface area contributed by atoms with E-state index in [2.05, 4.69) is 41.2 Å². The standard InChI is InChI=1S/C17H35N/c1-7-15(5)16(6)17(12-18)11-14(4)10-8-9-13(2)3/h13,15-17H,4,7-12,18H2,1-3,5-6H3. The lowest BCUT2D eigenvalue weighted by atomic mass is 9.79. The summed E-state index contributed by atoms with van der Waals surface area (Å²) in [6.07, 6.45) is 6.15. The highest BCUT2D eigenvalue weighted by Crippen LogP contribution is 2.28. The van der Waals surface area contributed by atoms with Gasteiger partial charge in [0.15, 0.2) is 0 Å². The highest BCUT2D eigenvalue weighted by molar-refractivity contribution is 4.97. The predicted octanol–water partition coefficient (Wildman–Crippen LogP) is 5.02. The van der Waals surface area contributed by atoms with Gasteiger partial charge in [0.05, 0.1) is 0 Å². The molecule has 108 valence electrons. The molecule has 0 saturated heterocycles. The molecule has 0 radical (unpaired) electrons. The summed E-state index contributed by atoms with van der Waals surface area (Å²) in [5.74, 6) is 2.90. The highest BCUT2D eigenvalue weighted by atomic mass is 14.6. The molecule has 0 spiro atoms. The van der Waals surface area contributed by atoms with Crippen LogP contribution in [0.25, 0.3) is 0 Å². The molecule has 0 aliphatic carbocycles. The van der Waals surface area contributed by atoms with Crippen molar-refractivity contribution in [1.82, 2.24) is 0 Å². The lowest BCUT2D eigenvalue weighted by molar-refractivity contribution is 0.257. The van der Waals surface area contributed by atoms with Crippen molar-refractivity contribution in [2.75, 3.05) is 6.54 Å². The number of rotatable bonds is 10. The number of nitrogens with two attached hydrogens (primary N) is 1. The second-order valence-electron chi connectivity index (χ2n) is 6.48. The molecule has 0 aliphatic heterocycles. The first-order valence-corrected chi connectivity index (χ1v) is 7.79. The molecule has 18 heavy (non-hydrogen) atoms. The van der Waals surface area contributed by atoms with Gasteiger partial charge >= 0.3 is 0 Å². The van der Waals surface area contributed by atoms with Crippen LogP contribution in [0.2, 0.25) is 0 Å². The normalized spacial score (nSPS) is 16.6. The van der Waals surface area contributed by atoms with E-state index in [4.69, 9.17) is 5.73 Å². The van der Waals surface area contributed by atoms with Gasteiger partial charge in [0, 0.05) is 0 Å². The van der Waals surface area contributed by atoms with E-state index in [9.17, 15) is 0 Å². The van der Waals surface area contributed by atoms with E-state index in [1.807, 2.05) is 0 Å². The quantitative estimate of drug-likeness (QED) is 0.544. The summed E-state index contributed by atoms with van der Waals surface area (Å²) in [6, 6.07) is 0. The molecule has 2 N–H and O–H groups in total. The van der Waals surface area contributed by atoms with E-state index in [0.29, 0.717) is 11.8 Å². The Balaban J connectivity index is 4.07. The Morgan fingerprint density at radius 2 is 1.78 bits per heavy atom. The maximum absolute atomic E-state index is 5.95. The molecule has 0 rings (SSSR count). The molecule has 1 heteroatoms. The van der Waals surface area contributed by atoms with Crippen LogP contribution in [0.4, 0.5) is 0 Å². The van der Waals surface area contributed by atoms with E-state index in [0.717, 1.165) is 24.8 Å². The average Bonchev–Trinajstić information content (AvgIpc) is 2.33. The summed E-state index contributed by atoms with van der Waals surface area (Å²) in [7, 11) is 0. The molecule has 3 unspecified atom stereocenters. The van der Waals surface area contributed by atoms with Gasteiger partial charge in [-0.2, -0.15) is 0 Å². The zero-order chi connectivity index (χ0) is 14.1. The minimum atomic E-state index is 0.617. The van der Waals surface area contributed by atoms with Gasteiger partial charge in [0.2, 0.25) is 0 Å². The summed E-state index contributed by atoms with van der Waals surface area (Å²) in [6.45, 7) is 16.6. The molecule has 0 aliphatic rings. The smallest absolute Gasteiger partial charge is 0.00432 e. The second-order valence-corrected chi connectivity index (χ2v) is 6.48. The summed E-state index contributed by atoms with van der Waals surface area (Å²) < 4.78 is 0. The zero-order valence-corrected chi connectivity index (χ0v) is 13.3. The van der Waals surface area contributed by atoms with Crippen molar-refractivity contribution >= 4 is 0 Å². The lowest BCUT2D eigenvalue weighted by Crippen LogP contribution is -2.26. The van der Waals surface area contributed by atoms with E-state index in [1.165, 1.54) is 31.3 Å². The van der Waals surface area contributed by atoms with Crippen LogP contribution in [0.1, 0.15) is 66.7 Å². The van der Waals surface area contributed by atoms with Gasteiger partial charge in [-0.1, -0.05) is 59.6 Å². The largest absolute Gasteiger partial charge is 0.330 e. The summed E-state index contributed by atoms with van der Waals surface area (Å²) in [4.78, 5) is 0. The van der Waals surface area contributed by atoms with Gasteiger partial charge in [-0.15, -0.1) is 0 Å². The fraction of sp³-hybridized carbons (Fsp3) is 0.882. The van der Waals surface area contributed by atoms with Gasteiger partial charge in [-0.25, -0.2) is 0 Å². The topological polar surface area (TPSA) is 26.0 Å². The molecule has 0 fully saturated rings. The van der Waals surface area contributed by atoms with Crippen LogP contribution in [0, 0.1) is 23.7 Å². The summed E-state index contributed by atoms with van der Waals surface area (Å²) in [5.41, 5.74) is 7.35. The van der Waals surface area contributed by atoms with E-state index < -0.39 is 0 Å². The molecule has 0 aromatic carbocycles.